The molecule has 1 saturated heterocycles. The van der Waals surface area contributed by atoms with Crippen molar-refractivity contribution in [3.63, 3.8) is 0 Å². The van der Waals surface area contributed by atoms with E-state index < -0.39 is 0 Å². The van der Waals surface area contributed by atoms with E-state index in [2.05, 4.69) is 39.7 Å². The summed E-state index contributed by atoms with van der Waals surface area (Å²) in [6.45, 7) is 6.79. The van der Waals surface area contributed by atoms with E-state index in [-0.39, 0.29) is 5.91 Å². The van der Waals surface area contributed by atoms with Crippen molar-refractivity contribution in [3.05, 3.63) is 11.9 Å². The van der Waals surface area contributed by atoms with E-state index in [4.69, 9.17) is 0 Å². The van der Waals surface area contributed by atoms with Crippen molar-refractivity contribution in [1.29, 1.82) is 0 Å². The van der Waals surface area contributed by atoms with Gasteiger partial charge < -0.3 is 15.5 Å². The maximum Gasteiger partial charge on any atom is 0.273 e. The lowest BCUT2D eigenvalue weighted by molar-refractivity contribution is 0.0933. The average Bonchev–Trinajstić information content (AvgIpc) is 2.80. The van der Waals surface area contributed by atoms with Gasteiger partial charge in [0.1, 0.15) is 0 Å². The molecule has 1 aliphatic rings. The number of amides is 1. The molecule has 7 heteroatoms. The number of hydrogen-bond donors (Lipinski definition) is 2. The molecule has 0 radical (unpaired) electrons. The Hall–Kier alpha value is -1.47. The normalized spacial score (nSPS) is 17.0. The van der Waals surface area contributed by atoms with Gasteiger partial charge in [-0.05, 0) is 26.4 Å². The van der Waals surface area contributed by atoms with Gasteiger partial charge in [0.05, 0.1) is 12.2 Å². The molecule has 2 rings (SSSR count). The van der Waals surface area contributed by atoms with E-state index >= 15 is 0 Å². The number of nitrogens with zero attached hydrogens (tertiary/aromatic N) is 4. The Bertz CT molecular complexity index is 466. The molecule has 0 saturated carbocycles. The topological polar surface area (TPSA) is 75.1 Å². The SMILES string of the molecule is CC(C)CC(CNC(=O)c1cn(C2CNC2)nn1)N(C)C. The lowest BCUT2D eigenvalue weighted by Crippen LogP contribution is -2.43. The van der Waals surface area contributed by atoms with Crippen LogP contribution in [0.5, 0.6) is 0 Å². The lowest BCUT2D eigenvalue weighted by Gasteiger charge is -2.26. The Morgan fingerprint density at radius 3 is 2.76 bits per heavy atom. The van der Waals surface area contributed by atoms with Crippen molar-refractivity contribution in [2.24, 2.45) is 5.92 Å². The minimum atomic E-state index is -0.149. The maximum absolute atomic E-state index is 12.1. The zero-order valence-corrected chi connectivity index (χ0v) is 13.3. The highest BCUT2D eigenvalue weighted by Crippen LogP contribution is 2.10. The van der Waals surface area contributed by atoms with E-state index in [1.165, 1.54) is 0 Å². The van der Waals surface area contributed by atoms with E-state index in [0.717, 1.165) is 19.5 Å². The van der Waals surface area contributed by atoms with Gasteiger partial charge in [0.15, 0.2) is 5.69 Å². The summed E-state index contributed by atoms with van der Waals surface area (Å²) in [7, 11) is 4.08. The standard InChI is InChI=1S/C14H26N6O/c1-10(2)5-11(19(3)4)8-16-14(21)13-9-20(18-17-13)12-6-15-7-12/h9-12,15H,5-8H2,1-4H3,(H,16,21). The zero-order valence-electron chi connectivity index (χ0n) is 13.3. The van der Waals surface area contributed by atoms with Gasteiger partial charge in [-0.3, -0.25) is 4.79 Å². The van der Waals surface area contributed by atoms with Crippen LogP contribution in [0.1, 0.15) is 36.8 Å². The molecule has 1 amide bonds. The fraction of sp³-hybridized carbons (Fsp3) is 0.786. The van der Waals surface area contributed by atoms with Crippen LogP contribution in [0.2, 0.25) is 0 Å². The molecule has 1 fully saturated rings. The van der Waals surface area contributed by atoms with E-state index in [0.29, 0.717) is 30.2 Å². The van der Waals surface area contributed by atoms with Gasteiger partial charge in [-0.25, -0.2) is 4.68 Å². The summed E-state index contributed by atoms with van der Waals surface area (Å²) in [5.41, 5.74) is 0.393. The van der Waals surface area contributed by atoms with Gasteiger partial charge in [0.25, 0.3) is 5.91 Å². The fourth-order valence-corrected chi connectivity index (χ4v) is 2.34. The largest absolute Gasteiger partial charge is 0.349 e. The van der Waals surface area contributed by atoms with Gasteiger partial charge in [-0.2, -0.15) is 0 Å². The van der Waals surface area contributed by atoms with Crippen molar-refractivity contribution < 1.29 is 4.79 Å². The van der Waals surface area contributed by atoms with Crippen molar-refractivity contribution in [1.82, 2.24) is 30.5 Å². The van der Waals surface area contributed by atoms with Gasteiger partial charge in [-0.15, -0.1) is 5.10 Å². The van der Waals surface area contributed by atoms with Crippen molar-refractivity contribution >= 4 is 5.91 Å². The van der Waals surface area contributed by atoms with Crippen LogP contribution in [0.25, 0.3) is 0 Å². The number of likely N-dealkylation sites (N-methyl/N-ethyl adjacent to an activating group) is 1. The molecule has 7 nitrogen and oxygen atoms in total. The molecule has 2 N–H and O–H groups in total. The Balaban J connectivity index is 1.86. The van der Waals surface area contributed by atoms with Crippen LogP contribution >= 0.6 is 0 Å². The predicted octanol–water partition coefficient (Wildman–Crippen LogP) is 0.129. The van der Waals surface area contributed by atoms with E-state index in [1.807, 2.05) is 14.1 Å². The van der Waals surface area contributed by atoms with Crippen LogP contribution in [0, 0.1) is 5.92 Å². The monoisotopic (exact) mass is 294 g/mol. The second kappa shape index (κ2) is 7.00. The van der Waals surface area contributed by atoms with Gasteiger partial charge in [0.2, 0.25) is 0 Å². The molecule has 0 aliphatic carbocycles. The molecule has 21 heavy (non-hydrogen) atoms. The molecule has 1 unspecified atom stereocenters. The summed E-state index contributed by atoms with van der Waals surface area (Å²) in [5.74, 6) is 0.449. The van der Waals surface area contributed by atoms with Crippen LogP contribution in [-0.2, 0) is 0 Å². The van der Waals surface area contributed by atoms with E-state index in [9.17, 15) is 4.79 Å². The Morgan fingerprint density at radius 1 is 1.52 bits per heavy atom. The van der Waals surface area contributed by atoms with E-state index in [1.54, 1.807) is 10.9 Å². The highest BCUT2D eigenvalue weighted by Gasteiger charge is 2.22. The molecule has 1 aromatic heterocycles. The Kier molecular flexibility index (Phi) is 5.30. The van der Waals surface area contributed by atoms with Crippen LogP contribution in [0.4, 0.5) is 0 Å². The first-order chi connectivity index (χ1) is 9.97. The smallest absolute Gasteiger partial charge is 0.273 e. The molecule has 2 heterocycles. The zero-order chi connectivity index (χ0) is 15.4. The summed E-state index contributed by atoms with van der Waals surface area (Å²) >= 11 is 0. The average molecular weight is 294 g/mol. The lowest BCUT2D eigenvalue weighted by atomic mass is 10.0. The molecule has 1 aliphatic heterocycles. The van der Waals surface area contributed by atoms with Gasteiger partial charge in [0, 0.05) is 25.7 Å². The third-order valence-corrected chi connectivity index (χ3v) is 3.85. The highest BCUT2D eigenvalue weighted by molar-refractivity contribution is 5.91. The third-order valence-electron chi connectivity index (χ3n) is 3.85. The van der Waals surface area contributed by atoms with Crippen molar-refractivity contribution in [2.75, 3.05) is 33.7 Å². The molecule has 1 aromatic rings. The second-order valence-electron chi connectivity index (χ2n) is 6.35. The molecule has 0 bridgehead atoms. The summed E-state index contributed by atoms with van der Waals surface area (Å²) in [5, 5.41) is 14.1. The molecule has 0 aromatic carbocycles. The summed E-state index contributed by atoms with van der Waals surface area (Å²) < 4.78 is 1.77. The van der Waals surface area contributed by atoms with Crippen LogP contribution < -0.4 is 10.6 Å². The highest BCUT2D eigenvalue weighted by atomic mass is 16.2. The van der Waals surface area contributed by atoms with Crippen LogP contribution in [-0.4, -0.2) is 65.6 Å². The number of aromatic nitrogens is 3. The number of carbonyl (C=O) groups is 1. The number of nitrogens with one attached hydrogen (secondary N) is 2. The predicted molar refractivity (Wildman–Crippen MR) is 81.2 cm³/mol. The number of carbonyl (C=O) groups excluding carboxylic acids is 1. The third kappa shape index (κ3) is 4.25. The summed E-state index contributed by atoms with van der Waals surface area (Å²) in [4.78, 5) is 14.3. The first kappa shape index (κ1) is 15.9. The first-order valence-electron chi connectivity index (χ1n) is 7.54. The number of hydrogen-bond acceptors (Lipinski definition) is 5. The Morgan fingerprint density at radius 2 is 2.24 bits per heavy atom. The van der Waals surface area contributed by atoms with Gasteiger partial charge in [-0.1, -0.05) is 19.1 Å². The van der Waals surface area contributed by atoms with Crippen molar-refractivity contribution in [2.45, 2.75) is 32.4 Å². The Labute approximate surface area is 126 Å². The molecule has 0 spiro atoms. The van der Waals surface area contributed by atoms with Gasteiger partial charge >= 0.3 is 0 Å². The summed E-state index contributed by atoms with van der Waals surface area (Å²) in [6, 6.07) is 0.661. The molecular formula is C14H26N6O. The molecule has 1 atom stereocenters. The van der Waals surface area contributed by atoms with Crippen LogP contribution in [0.15, 0.2) is 6.20 Å². The fourth-order valence-electron chi connectivity index (χ4n) is 2.34. The minimum Gasteiger partial charge on any atom is -0.349 e. The summed E-state index contributed by atoms with van der Waals surface area (Å²) in [6.07, 6.45) is 2.78. The molecule has 118 valence electrons. The first-order valence-corrected chi connectivity index (χ1v) is 7.54. The number of rotatable bonds is 7. The van der Waals surface area contributed by atoms with Crippen LogP contribution in [0.3, 0.4) is 0 Å². The van der Waals surface area contributed by atoms with Crippen molar-refractivity contribution in [3.8, 4) is 0 Å². The quantitative estimate of drug-likeness (QED) is 0.747. The molecular weight excluding hydrogens is 268 g/mol. The maximum atomic E-state index is 12.1. The second-order valence-corrected chi connectivity index (χ2v) is 6.35. The minimum absolute atomic E-state index is 0.149.